The van der Waals surface area contributed by atoms with E-state index >= 15 is 0 Å². The van der Waals surface area contributed by atoms with Crippen molar-refractivity contribution in [2.75, 3.05) is 49.6 Å². The van der Waals surface area contributed by atoms with Crippen LogP contribution >= 0.6 is 0 Å². The van der Waals surface area contributed by atoms with Gasteiger partial charge in [-0.15, -0.1) is 0 Å². The number of benzene rings is 1. The lowest BCUT2D eigenvalue weighted by molar-refractivity contribution is 0.208. The lowest BCUT2D eigenvalue weighted by Gasteiger charge is -2.34. The van der Waals surface area contributed by atoms with E-state index in [9.17, 15) is 4.79 Å². The minimum atomic E-state index is -0.117. The molecule has 1 aromatic carbocycles. The number of hydrogen-bond acceptors (Lipinski definition) is 6. The molecule has 2 aliphatic heterocycles. The van der Waals surface area contributed by atoms with Crippen LogP contribution in [0.15, 0.2) is 36.7 Å². The van der Waals surface area contributed by atoms with E-state index in [2.05, 4.69) is 20.2 Å². The molecule has 2 amide bonds. The van der Waals surface area contributed by atoms with Crippen LogP contribution < -0.4 is 19.7 Å². The van der Waals surface area contributed by atoms with Gasteiger partial charge in [-0.3, -0.25) is 0 Å². The van der Waals surface area contributed by atoms with Gasteiger partial charge in [-0.05, 0) is 18.2 Å². The summed E-state index contributed by atoms with van der Waals surface area (Å²) in [7, 11) is 0. The molecule has 0 unspecified atom stereocenters. The second-order valence-electron chi connectivity index (χ2n) is 6.17. The highest BCUT2D eigenvalue weighted by molar-refractivity contribution is 5.90. The average molecular weight is 355 g/mol. The van der Waals surface area contributed by atoms with Crippen LogP contribution in [0.4, 0.5) is 16.4 Å². The number of carbonyl (C=O) groups excluding carboxylic acids is 1. The Bertz CT molecular complexity index is 763. The van der Waals surface area contributed by atoms with Crippen molar-refractivity contribution in [1.29, 1.82) is 0 Å². The number of nitrogens with zero attached hydrogens (tertiary/aromatic N) is 4. The number of rotatable bonds is 2. The van der Waals surface area contributed by atoms with E-state index in [1.165, 1.54) is 0 Å². The topological polar surface area (TPSA) is 79.8 Å². The Morgan fingerprint density at radius 1 is 1.00 bits per heavy atom. The Hall–Kier alpha value is -3.03. The van der Waals surface area contributed by atoms with Crippen molar-refractivity contribution in [3.05, 3.63) is 36.7 Å². The van der Waals surface area contributed by atoms with Gasteiger partial charge in [-0.25, -0.2) is 14.8 Å². The van der Waals surface area contributed by atoms with Gasteiger partial charge >= 0.3 is 6.03 Å². The van der Waals surface area contributed by atoms with E-state index in [-0.39, 0.29) is 6.03 Å². The second kappa shape index (κ2) is 7.47. The smallest absolute Gasteiger partial charge is 0.321 e. The van der Waals surface area contributed by atoms with Crippen LogP contribution in [0.25, 0.3) is 0 Å². The van der Waals surface area contributed by atoms with Crippen molar-refractivity contribution >= 4 is 17.7 Å². The number of ether oxygens (including phenoxy) is 2. The van der Waals surface area contributed by atoms with Crippen LogP contribution in [0.2, 0.25) is 0 Å². The number of amides is 2. The molecule has 0 bridgehead atoms. The van der Waals surface area contributed by atoms with Crippen LogP contribution in [0.1, 0.15) is 6.42 Å². The summed E-state index contributed by atoms with van der Waals surface area (Å²) in [6.07, 6.45) is 4.31. The van der Waals surface area contributed by atoms with Gasteiger partial charge in [0, 0.05) is 56.7 Å². The maximum absolute atomic E-state index is 12.5. The Balaban J connectivity index is 1.35. The van der Waals surface area contributed by atoms with Crippen molar-refractivity contribution in [2.45, 2.75) is 6.42 Å². The van der Waals surface area contributed by atoms with Crippen molar-refractivity contribution in [1.82, 2.24) is 14.9 Å². The van der Waals surface area contributed by atoms with E-state index in [4.69, 9.17) is 9.47 Å². The minimum absolute atomic E-state index is 0.117. The molecule has 0 atom stereocenters. The Labute approximate surface area is 151 Å². The van der Waals surface area contributed by atoms with Crippen molar-refractivity contribution < 1.29 is 14.3 Å². The summed E-state index contributed by atoms with van der Waals surface area (Å²) in [4.78, 5) is 24.9. The zero-order chi connectivity index (χ0) is 17.8. The predicted molar refractivity (Wildman–Crippen MR) is 96.9 cm³/mol. The number of hydrogen-bond donors (Lipinski definition) is 1. The second-order valence-corrected chi connectivity index (χ2v) is 6.17. The molecule has 0 aliphatic carbocycles. The van der Waals surface area contributed by atoms with Crippen LogP contribution in [0.3, 0.4) is 0 Å². The van der Waals surface area contributed by atoms with Crippen LogP contribution in [-0.2, 0) is 0 Å². The summed E-state index contributed by atoms with van der Waals surface area (Å²) in [5, 5.41) is 2.94. The molecular weight excluding hydrogens is 334 g/mol. The first-order valence-corrected chi connectivity index (χ1v) is 8.77. The van der Waals surface area contributed by atoms with E-state index < -0.39 is 0 Å². The minimum Gasteiger partial charge on any atom is -0.490 e. The molecular formula is C18H21N5O3. The van der Waals surface area contributed by atoms with E-state index in [0.29, 0.717) is 56.8 Å². The van der Waals surface area contributed by atoms with Gasteiger partial charge in [0.1, 0.15) is 0 Å². The van der Waals surface area contributed by atoms with Crippen LogP contribution in [-0.4, -0.2) is 60.3 Å². The zero-order valence-corrected chi connectivity index (χ0v) is 14.4. The third kappa shape index (κ3) is 3.63. The Morgan fingerprint density at radius 2 is 1.73 bits per heavy atom. The molecule has 0 saturated carbocycles. The first-order valence-electron chi connectivity index (χ1n) is 8.77. The fourth-order valence-electron chi connectivity index (χ4n) is 3.01. The molecule has 8 heteroatoms. The molecule has 1 fully saturated rings. The highest BCUT2D eigenvalue weighted by Crippen LogP contribution is 2.32. The molecule has 2 aliphatic rings. The van der Waals surface area contributed by atoms with Crippen molar-refractivity contribution in [2.24, 2.45) is 0 Å². The van der Waals surface area contributed by atoms with Gasteiger partial charge in [0.15, 0.2) is 11.5 Å². The van der Waals surface area contributed by atoms with E-state index in [0.717, 1.165) is 12.2 Å². The summed E-state index contributed by atoms with van der Waals surface area (Å²) in [5.41, 5.74) is 0.702. The third-order valence-electron chi connectivity index (χ3n) is 4.40. The summed E-state index contributed by atoms with van der Waals surface area (Å²) in [6, 6.07) is 7.16. The largest absolute Gasteiger partial charge is 0.490 e. The standard InChI is InChI=1S/C18H21N5O3/c24-18(21-14-3-4-15-16(13-14)26-12-2-11-25-15)23-9-7-22(8-10-23)17-19-5-1-6-20-17/h1,3-6,13H,2,7-12H2,(H,21,24). The van der Waals surface area contributed by atoms with Gasteiger partial charge in [-0.2, -0.15) is 0 Å². The quantitative estimate of drug-likeness (QED) is 0.887. The normalized spacial score (nSPS) is 16.8. The fraction of sp³-hybridized carbons (Fsp3) is 0.389. The predicted octanol–water partition coefficient (Wildman–Crippen LogP) is 1.99. The lowest BCUT2D eigenvalue weighted by Crippen LogP contribution is -2.50. The van der Waals surface area contributed by atoms with Crippen molar-refractivity contribution in [3.63, 3.8) is 0 Å². The first-order chi connectivity index (χ1) is 12.8. The zero-order valence-electron chi connectivity index (χ0n) is 14.4. The van der Waals surface area contributed by atoms with Gasteiger partial charge in [0.25, 0.3) is 0 Å². The van der Waals surface area contributed by atoms with Gasteiger partial charge in [0.05, 0.1) is 13.2 Å². The summed E-state index contributed by atoms with van der Waals surface area (Å²) >= 11 is 0. The third-order valence-corrected chi connectivity index (χ3v) is 4.40. The monoisotopic (exact) mass is 355 g/mol. The van der Waals surface area contributed by atoms with E-state index in [1.807, 2.05) is 18.2 Å². The molecule has 8 nitrogen and oxygen atoms in total. The molecule has 1 saturated heterocycles. The summed E-state index contributed by atoms with van der Waals surface area (Å²) in [5.74, 6) is 2.10. The first kappa shape index (κ1) is 16.4. The highest BCUT2D eigenvalue weighted by Gasteiger charge is 2.23. The molecule has 0 radical (unpaired) electrons. The summed E-state index contributed by atoms with van der Waals surface area (Å²) < 4.78 is 11.3. The SMILES string of the molecule is O=C(Nc1ccc2c(c1)OCCCO2)N1CCN(c2ncccn2)CC1. The number of nitrogens with one attached hydrogen (secondary N) is 1. The number of urea groups is 1. The Kier molecular flexibility index (Phi) is 4.72. The van der Waals surface area contributed by atoms with Crippen LogP contribution in [0, 0.1) is 0 Å². The summed E-state index contributed by atoms with van der Waals surface area (Å²) in [6.45, 7) is 3.92. The van der Waals surface area contributed by atoms with Gasteiger partial charge < -0.3 is 24.6 Å². The number of piperazine rings is 1. The molecule has 26 heavy (non-hydrogen) atoms. The molecule has 2 aromatic rings. The van der Waals surface area contributed by atoms with Gasteiger partial charge in [0.2, 0.25) is 5.95 Å². The lowest BCUT2D eigenvalue weighted by atomic mass is 10.2. The van der Waals surface area contributed by atoms with Crippen molar-refractivity contribution in [3.8, 4) is 11.5 Å². The average Bonchev–Trinajstić information content (AvgIpc) is 2.94. The number of carbonyl (C=O) groups is 1. The highest BCUT2D eigenvalue weighted by atomic mass is 16.5. The Morgan fingerprint density at radius 3 is 2.50 bits per heavy atom. The van der Waals surface area contributed by atoms with Crippen LogP contribution in [0.5, 0.6) is 11.5 Å². The molecule has 4 rings (SSSR count). The molecule has 0 spiro atoms. The maximum atomic E-state index is 12.5. The fourth-order valence-corrected chi connectivity index (χ4v) is 3.01. The van der Waals surface area contributed by atoms with E-state index in [1.54, 1.807) is 23.4 Å². The number of aromatic nitrogens is 2. The number of anilines is 2. The van der Waals surface area contributed by atoms with Gasteiger partial charge in [-0.1, -0.05) is 0 Å². The number of fused-ring (bicyclic) bond motifs is 1. The molecule has 3 heterocycles. The molecule has 136 valence electrons. The molecule has 1 N–H and O–H groups in total. The molecule has 1 aromatic heterocycles. The maximum Gasteiger partial charge on any atom is 0.321 e.